The molecule has 0 spiro atoms. The van der Waals surface area contributed by atoms with Gasteiger partial charge >= 0.3 is 0 Å². The number of hydrogen-bond acceptors (Lipinski definition) is 4. The Morgan fingerprint density at radius 2 is 2.08 bits per heavy atom. The first-order valence-electron chi connectivity index (χ1n) is 8.53. The van der Waals surface area contributed by atoms with Crippen molar-refractivity contribution in [3.8, 4) is 0 Å². The van der Waals surface area contributed by atoms with Crippen LogP contribution in [0.4, 0.5) is 11.6 Å². The molecular formula is C19H22ClN3O3. The average Bonchev–Trinajstić information content (AvgIpc) is 3.16. The lowest BCUT2D eigenvalue weighted by Gasteiger charge is -2.24. The highest BCUT2D eigenvalue weighted by atomic mass is 35.5. The molecule has 0 aliphatic carbocycles. The smallest absolute Gasteiger partial charge is 0.249 e. The molecule has 2 heterocycles. The summed E-state index contributed by atoms with van der Waals surface area (Å²) in [4.78, 5) is 26.6. The molecule has 1 N–H and O–H groups in total. The summed E-state index contributed by atoms with van der Waals surface area (Å²) >= 11 is 6.07. The Morgan fingerprint density at radius 1 is 1.35 bits per heavy atom. The van der Waals surface area contributed by atoms with Crippen LogP contribution in [0.15, 0.2) is 28.8 Å². The maximum absolute atomic E-state index is 12.7. The summed E-state index contributed by atoms with van der Waals surface area (Å²) in [6.45, 7) is 7.90. The molecule has 0 radical (unpaired) electrons. The zero-order chi connectivity index (χ0) is 19.1. The normalized spacial score (nSPS) is 17.7. The molecule has 1 aliphatic rings. The number of nitrogens with zero attached hydrogens (tertiary/aromatic N) is 2. The fraction of sp³-hybridized carbons (Fsp3) is 0.421. The van der Waals surface area contributed by atoms with E-state index in [1.54, 1.807) is 18.2 Å². The lowest BCUT2D eigenvalue weighted by atomic mass is 9.92. The molecule has 2 amide bonds. The number of halogens is 1. The van der Waals surface area contributed by atoms with Crippen LogP contribution in [0.3, 0.4) is 0 Å². The van der Waals surface area contributed by atoms with Gasteiger partial charge in [0.15, 0.2) is 0 Å². The zero-order valence-corrected chi connectivity index (χ0v) is 16.1. The summed E-state index contributed by atoms with van der Waals surface area (Å²) in [5, 5.41) is 7.35. The average molecular weight is 376 g/mol. The Bertz CT molecular complexity index is 854. The number of aromatic nitrogens is 1. The van der Waals surface area contributed by atoms with Crippen LogP contribution in [-0.4, -0.2) is 23.0 Å². The first-order chi connectivity index (χ1) is 12.2. The standard InChI is InChI=1S/C19H22ClN3O3/c1-11-9-12(5-6-13(11)20)23-14(7-8-17(23)24)18(25)21-16-10-15(22-26-16)19(2,3)4/h5-6,9-10,14H,7-8H2,1-4H3,(H,21,25)/t14-/m0/s1. The lowest BCUT2D eigenvalue weighted by Crippen LogP contribution is -2.41. The van der Waals surface area contributed by atoms with Crippen molar-refractivity contribution in [2.24, 2.45) is 0 Å². The molecule has 26 heavy (non-hydrogen) atoms. The number of carbonyl (C=O) groups excluding carboxylic acids is 2. The molecule has 1 aromatic heterocycles. The van der Waals surface area contributed by atoms with E-state index >= 15 is 0 Å². The molecule has 138 valence electrons. The van der Waals surface area contributed by atoms with Gasteiger partial charge in [-0.3, -0.25) is 19.8 Å². The SMILES string of the molecule is Cc1cc(N2C(=O)CC[C@H]2C(=O)Nc2cc(C(C)(C)C)no2)ccc1Cl. The molecule has 1 fully saturated rings. The second-order valence-electron chi connectivity index (χ2n) is 7.57. The van der Waals surface area contributed by atoms with Crippen LogP contribution in [0.5, 0.6) is 0 Å². The number of amides is 2. The quantitative estimate of drug-likeness (QED) is 0.877. The van der Waals surface area contributed by atoms with Crippen LogP contribution in [0.2, 0.25) is 5.02 Å². The van der Waals surface area contributed by atoms with E-state index in [1.807, 2.05) is 33.8 Å². The third-order valence-electron chi connectivity index (χ3n) is 4.46. The summed E-state index contributed by atoms with van der Waals surface area (Å²) in [6.07, 6.45) is 0.774. The third-order valence-corrected chi connectivity index (χ3v) is 4.88. The van der Waals surface area contributed by atoms with Crippen molar-refractivity contribution in [2.45, 2.75) is 52.0 Å². The molecule has 2 aromatic rings. The highest BCUT2D eigenvalue weighted by molar-refractivity contribution is 6.31. The Balaban J connectivity index is 1.80. The second kappa shape index (κ2) is 6.76. The third kappa shape index (κ3) is 3.60. The van der Waals surface area contributed by atoms with Gasteiger partial charge in [-0.05, 0) is 37.1 Å². The zero-order valence-electron chi connectivity index (χ0n) is 15.3. The van der Waals surface area contributed by atoms with E-state index in [4.69, 9.17) is 16.1 Å². The van der Waals surface area contributed by atoms with Gasteiger partial charge in [-0.25, -0.2) is 0 Å². The maximum Gasteiger partial charge on any atom is 0.249 e. The Kier molecular flexibility index (Phi) is 4.80. The largest absolute Gasteiger partial charge is 0.338 e. The van der Waals surface area contributed by atoms with Gasteiger partial charge in [0.2, 0.25) is 17.7 Å². The van der Waals surface area contributed by atoms with Gasteiger partial charge in [0.1, 0.15) is 6.04 Å². The van der Waals surface area contributed by atoms with Crippen LogP contribution < -0.4 is 10.2 Å². The van der Waals surface area contributed by atoms with E-state index in [9.17, 15) is 9.59 Å². The Labute approximate surface area is 157 Å². The van der Waals surface area contributed by atoms with Crippen molar-refractivity contribution in [1.82, 2.24) is 5.16 Å². The predicted molar refractivity (Wildman–Crippen MR) is 101 cm³/mol. The van der Waals surface area contributed by atoms with E-state index in [-0.39, 0.29) is 23.1 Å². The van der Waals surface area contributed by atoms with Gasteiger partial charge in [-0.1, -0.05) is 37.5 Å². The monoisotopic (exact) mass is 375 g/mol. The van der Waals surface area contributed by atoms with Crippen LogP contribution in [0.1, 0.15) is 44.9 Å². The summed E-state index contributed by atoms with van der Waals surface area (Å²) in [6, 6.07) is 6.43. The van der Waals surface area contributed by atoms with Gasteiger partial charge in [0.05, 0.1) is 5.69 Å². The van der Waals surface area contributed by atoms with Gasteiger partial charge in [0, 0.05) is 28.6 Å². The van der Waals surface area contributed by atoms with Crippen molar-refractivity contribution in [3.63, 3.8) is 0 Å². The van der Waals surface area contributed by atoms with Crippen LogP contribution in [0.25, 0.3) is 0 Å². The number of rotatable bonds is 3. The van der Waals surface area contributed by atoms with E-state index in [1.165, 1.54) is 4.90 Å². The van der Waals surface area contributed by atoms with E-state index < -0.39 is 6.04 Å². The molecule has 1 aliphatic heterocycles. The molecular weight excluding hydrogens is 354 g/mol. The van der Waals surface area contributed by atoms with Crippen molar-refractivity contribution < 1.29 is 14.1 Å². The van der Waals surface area contributed by atoms with Crippen molar-refractivity contribution in [1.29, 1.82) is 0 Å². The van der Waals surface area contributed by atoms with Gasteiger partial charge in [-0.2, -0.15) is 0 Å². The summed E-state index contributed by atoms with van der Waals surface area (Å²) < 4.78 is 5.22. The number of nitrogens with one attached hydrogen (secondary N) is 1. The van der Waals surface area contributed by atoms with Gasteiger partial charge in [0.25, 0.3) is 0 Å². The minimum absolute atomic E-state index is 0.0835. The van der Waals surface area contributed by atoms with Gasteiger partial charge < -0.3 is 4.52 Å². The molecule has 1 aromatic carbocycles. The molecule has 0 unspecified atom stereocenters. The summed E-state index contributed by atoms with van der Waals surface area (Å²) in [7, 11) is 0. The first kappa shape index (κ1) is 18.5. The number of anilines is 2. The van der Waals surface area contributed by atoms with E-state index in [2.05, 4.69) is 10.5 Å². The molecule has 6 nitrogen and oxygen atoms in total. The fourth-order valence-corrected chi connectivity index (χ4v) is 3.04. The van der Waals surface area contributed by atoms with Gasteiger partial charge in [-0.15, -0.1) is 0 Å². The lowest BCUT2D eigenvalue weighted by molar-refractivity contribution is -0.120. The Hall–Kier alpha value is -2.34. The minimum Gasteiger partial charge on any atom is -0.338 e. The molecule has 0 bridgehead atoms. The van der Waals surface area contributed by atoms with Crippen molar-refractivity contribution >= 4 is 35.0 Å². The highest BCUT2D eigenvalue weighted by Crippen LogP contribution is 2.31. The molecule has 1 atom stereocenters. The highest BCUT2D eigenvalue weighted by Gasteiger charge is 2.37. The predicted octanol–water partition coefficient (Wildman–Crippen LogP) is 4.07. The molecule has 7 heteroatoms. The molecule has 0 saturated carbocycles. The molecule has 1 saturated heterocycles. The number of hydrogen-bond donors (Lipinski definition) is 1. The van der Waals surface area contributed by atoms with Crippen molar-refractivity contribution in [3.05, 3.63) is 40.5 Å². The number of benzene rings is 1. The topological polar surface area (TPSA) is 75.4 Å². The van der Waals surface area contributed by atoms with Crippen LogP contribution in [0, 0.1) is 6.92 Å². The minimum atomic E-state index is -0.591. The number of aryl methyl sites for hydroxylation is 1. The second-order valence-corrected chi connectivity index (χ2v) is 7.97. The fourth-order valence-electron chi connectivity index (χ4n) is 2.93. The van der Waals surface area contributed by atoms with Crippen molar-refractivity contribution in [2.75, 3.05) is 10.2 Å². The Morgan fingerprint density at radius 3 is 2.69 bits per heavy atom. The van der Waals surface area contributed by atoms with E-state index in [0.29, 0.717) is 23.6 Å². The van der Waals surface area contributed by atoms with E-state index in [0.717, 1.165) is 11.3 Å². The summed E-state index contributed by atoms with van der Waals surface area (Å²) in [5.74, 6) is -0.0913. The molecule has 3 rings (SSSR count). The maximum atomic E-state index is 12.7. The number of carbonyl (C=O) groups is 2. The van der Waals surface area contributed by atoms with Crippen LogP contribution in [-0.2, 0) is 15.0 Å². The summed E-state index contributed by atoms with van der Waals surface area (Å²) in [5.41, 5.74) is 2.10. The van der Waals surface area contributed by atoms with Crippen LogP contribution >= 0.6 is 11.6 Å². The first-order valence-corrected chi connectivity index (χ1v) is 8.91.